The molecule has 260 valence electrons. The lowest BCUT2D eigenvalue weighted by molar-refractivity contribution is -0.176. The minimum absolute atomic E-state index is 0.0318. The second-order valence-electron chi connectivity index (χ2n) is 14.6. The number of ether oxygens (including phenoxy) is 3. The molecule has 0 bridgehead atoms. The van der Waals surface area contributed by atoms with Gasteiger partial charge in [-0.1, -0.05) is 33.1 Å². The quantitative estimate of drug-likeness (QED) is 0.0528. The molecule has 0 aromatic carbocycles. The number of carbonyl (C=O) groups is 3. The third-order valence-electron chi connectivity index (χ3n) is 7.46. The Morgan fingerprint density at radius 1 is 0.614 bits per heavy atom. The van der Waals surface area contributed by atoms with E-state index in [-0.39, 0.29) is 29.7 Å². The highest BCUT2D eigenvalue weighted by Gasteiger charge is 2.30. The fourth-order valence-corrected chi connectivity index (χ4v) is 4.77. The summed E-state index contributed by atoms with van der Waals surface area (Å²) < 4.78 is 17.0. The molecule has 9 heteroatoms. The number of esters is 3. The first kappa shape index (κ1) is 42.3. The van der Waals surface area contributed by atoms with Crippen LogP contribution in [-0.2, 0) is 28.6 Å². The third-order valence-corrected chi connectivity index (χ3v) is 7.46. The molecule has 0 radical (unpaired) electrons. The molecule has 0 aromatic rings. The highest BCUT2D eigenvalue weighted by Crippen LogP contribution is 2.21. The number of rotatable bonds is 24. The zero-order chi connectivity index (χ0) is 33.8. The van der Waals surface area contributed by atoms with E-state index < -0.39 is 16.9 Å². The average Bonchev–Trinajstić information content (AvgIpc) is 2.87. The van der Waals surface area contributed by atoms with Crippen molar-refractivity contribution in [3.05, 3.63) is 0 Å². The maximum Gasteiger partial charge on any atom is 0.309 e. The van der Waals surface area contributed by atoms with Crippen LogP contribution in [0.4, 0.5) is 0 Å². The molecule has 0 aromatic heterocycles. The lowest BCUT2D eigenvalue weighted by Crippen LogP contribution is -2.46. The largest absolute Gasteiger partial charge is 0.460 e. The second kappa shape index (κ2) is 21.9. The van der Waals surface area contributed by atoms with Crippen molar-refractivity contribution < 1.29 is 28.6 Å². The molecule has 0 aliphatic carbocycles. The molecule has 0 amide bonds. The van der Waals surface area contributed by atoms with Crippen molar-refractivity contribution in [3.63, 3.8) is 0 Å². The normalized spacial score (nSPS) is 13.9. The van der Waals surface area contributed by atoms with Crippen molar-refractivity contribution in [1.29, 1.82) is 0 Å². The number of carbonyl (C=O) groups excluding carboxylic acids is 3. The average molecular weight is 628 g/mol. The van der Waals surface area contributed by atoms with Crippen LogP contribution in [0.1, 0.15) is 140 Å². The summed E-state index contributed by atoms with van der Waals surface area (Å²) >= 11 is 0. The molecule has 0 fully saturated rings. The van der Waals surface area contributed by atoms with Crippen LogP contribution >= 0.6 is 0 Å². The van der Waals surface area contributed by atoms with E-state index in [0.29, 0.717) is 25.8 Å². The SMILES string of the molecule is CCCC(=O)OC(C)(C)N(C)CCC(CCNCCCCCCNCCC(CCC)C(=O)OC(C)(C)C)C(=O)OC(C)(C)C. The molecule has 2 atom stereocenters. The molecule has 44 heavy (non-hydrogen) atoms. The standard InChI is InChI=1S/C35H69N3O6/c1-12-18-28(31(40)43-33(3,4)5)20-25-36-23-16-14-15-17-24-37-26-21-29(32(41)44-34(6,7)8)22-27-38(11)35(9,10)42-30(39)19-13-2/h28-29,36-37H,12-27H2,1-11H3. The molecular weight excluding hydrogens is 558 g/mol. The number of nitrogens with zero attached hydrogens (tertiary/aromatic N) is 1. The van der Waals surface area contributed by atoms with Crippen molar-refractivity contribution in [2.24, 2.45) is 11.8 Å². The van der Waals surface area contributed by atoms with Gasteiger partial charge >= 0.3 is 17.9 Å². The Kier molecular flexibility index (Phi) is 21.1. The molecule has 0 aliphatic heterocycles. The third kappa shape index (κ3) is 21.9. The molecule has 0 spiro atoms. The fourth-order valence-electron chi connectivity index (χ4n) is 4.77. The van der Waals surface area contributed by atoms with Crippen LogP contribution < -0.4 is 10.6 Å². The maximum absolute atomic E-state index is 13.0. The van der Waals surface area contributed by atoms with E-state index in [9.17, 15) is 14.4 Å². The van der Waals surface area contributed by atoms with Gasteiger partial charge in [0.15, 0.2) is 5.72 Å². The van der Waals surface area contributed by atoms with Gasteiger partial charge in [-0.15, -0.1) is 0 Å². The highest BCUT2D eigenvalue weighted by molar-refractivity contribution is 5.73. The number of nitrogens with one attached hydrogen (secondary N) is 2. The Hall–Kier alpha value is -1.71. The smallest absolute Gasteiger partial charge is 0.309 e. The summed E-state index contributed by atoms with van der Waals surface area (Å²) in [6, 6.07) is 0. The molecule has 2 N–H and O–H groups in total. The van der Waals surface area contributed by atoms with E-state index in [1.54, 1.807) is 0 Å². The van der Waals surface area contributed by atoms with Crippen molar-refractivity contribution in [2.45, 2.75) is 157 Å². The summed E-state index contributed by atoms with van der Waals surface area (Å²) in [6.07, 6.45) is 9.66. The van der Waals surface area contributed by atoms with Gasteiger partial charge in [0.25, 0.3) is 0 Å². The van der Waals surface area contributed by atoms with Crippen LogP contribution in [0.25, 0.3) is 0 Å². The van der Waals surface area contributed by atoms with Crippen molar-refractivity contribution in [1.82, 2.24) is 15.5 Å². The van der Waals surface area contributed by atoms with Gasteiger partial charge in [0, 0.05) is 13.0 Å². The molecule has 0 heterocycles. The fraction of sp³-hybridized carbons (Fsp3) is 0.914. The molecular formula is C35H69N3O6. The molecule has 0 saturated carbocycles. The van der Waals surface area contributed by atoms with Gasteiger partial charge in [0.1, 0.15) is 11.2 Å². The lowest BCUT2D eigenvalue weighted by Gasteiger charge is -2.35. The van der Waals surface area contributed by atoms with Crippen LogP contribution in [-0.4, -0.2) is 79.5 Å². The summed E-state index contributed by atoms with van der Waals surface area (Å²) in [5.41, 5.74) is -1.71. The Morgan fingerprint density at radius 2 is 1.07 bits per heavy atom. The Balaban J connectivity index is 4.37. The van der Waals surface area contributed by atoms with Crippen molar-refractivity contribution >= 4 is 17.9 Å². The summed E-state index contributed by atoms with van der Waals surface area (Å²) in [4.78, 5) is 39.4. The first-order chi connectivity index (χ1) is 20.4. The molecule has 9 nitrogen and oxygen atoms in total. The summed E-state index contributed by atoms with van der Waals surface area (Å²) in [5, 5.41) is 6.99. The summed E-state index contributed by atoms with van der Waals surface area (Å²) in [6.45, 7) is 23.4. The van der Waals surface area contributed by atoms with Crippen LogP contribution in [0, 0.1) is 11.8 Å². The van der Waals surface area contributed by atoms with Crippen LogP contribution in [0.3, 0.4) is 0 Å². The number of hydrogen-bond acceptors (Lipinski definition) is 9. The van der Waals surface area contributed by atoms with E-state index in [2.05, 4.69) is 17.6 Å². The first-order valence-corrected chi connectivity index (χ1v) is 17.2. The lowest BCUT2D eigenvalue weighted by atomic mass is 9.99. The van der Waals surface area contributed by atoms with Crippen molar-refractivity contribution in [3.8, 4) is 0 Å². The van der Waals surface area contributed by atoms with Crippen LogP contribution in [0.5, 0.6) is 0 Å². The molecule has 0 aliphatic rings. The van der Waals surface area contributed by atoms with Crippen LogP contribution in [0.15, 0.2) is 0 Å². The Morgan fingerprint density at radius 3 is 1.48 bits per heavy atom. The van der Waals surface area contributed by atoms with Gasteiger partial charge in [0.2, 0.25) is 0 Å². The Labute approximate surface area is 270 Å². The van der Waals surface area contributed by atoms with E-state index in [1.165, 1.54) is 0 Å². The topological polar surface area (TPSA) is 106 Å². The van der Waals surface area contributed by atoms with E-state index in [0.717, 1.165) is 77.5 Å². The van der Waals surface area contributed by atoms with Crippen molar-refractivity contribution in [2.75, 3.05) is 39.8 Å². The van der Waals surface area contributed by atoms with E-state index in [4.69, 9.17) is 14.2 Å². The van der Waals surface area contributed by atoms with E-state index >= 15 is 0 Å². The van der Waals surface area contributed by atoms with Gasteiger partial charge < -0.3 is 24.8 Å². The Bertz CT molecular complexity index is 803. The summed E-state index contributed by atoms with van der Waals surface area (Å²) in [7, 11) is 1.92. The van der Waals surface area contributed by atoms with Gasteiger partial charge in [0.05, 0.1) is 11.8 Å². The zero-order valence-corrected chi connectivity index (χ0v) is 30.4. The van der Waals surface area contributed by atoms with Gasteiger partial charge in [-0.05, 0) is 134 Å². The predicted molar refractivity (Wildman–Crippen MR) is 179 cm³/mol. The second-order valence-corrected chi connectivity index (χ2v) is 14.6. The highest BCUT2D eigenvalue weighted by atomic mass is 16.6. The van der Waals surface area contributed by atoms with E-state index in [1.807, 2.05) is 74.3 Å². The monoisotopic (exact) mass is 628 g/mol. The first-order valence-electron chi connectivity index (χ1n) is 17.2. The number of hydrogen-bond donors (Lipinski definition) is 2. The van der Waals surface area contributed by atoms with Gasteiger partial charge in [-0.3, -0.25) is 19.3 Å². The predicted octanol–water partition coefficient (Wildman–Crippen LogP) is 6.62. The molecule has 0 rings (SSSR count). The minimum atomic E-state index is -0.740. The van der Waals surface area contributed by atoms with Gasteiger partial charge in [-0.2, -0.15) is 0 Å². The summed E-state index contributed by atoms with van der Waals surface area (Å²) in [5.74, 6) is -0.717. The minimum Gasteiger partial charge on any atom is -0.460 e. The number of unbranched alkanes of at least 4 members (excludes halogenated alkanes) is 3. The van der Waals surface area contributed by atoms with Gasteiger partial charge in [-0.25, -0.2) is 0 Å². The zero-order valence-electron chi connectivity index (χ0n) is 30.4. The van der Waals surface area contributed by atoms with Crippen LogP contribution in [0.2, 0.25) is 0 Å². The maximum atomic E-state index is 13.0. The molecule has 0 saturated heterocycles. The molecule has 2 unspecified atom stereocenters.